The molecule has 0 bridgehead atoms. The first-order chi connectivity index (χ1) is 13.1. The maximum absolute atomic E-state index is 12.6. The van der Waals surface area contributed by atoms with Crippen LogP contribution in [0.4, 0.5) is 5.69 Å². The molecular weight excluding hydrogens is 382 g/mol. The molecule has 1 atom stereocenters. The number of hydrogen-bond donors (Lipinski definition) is 3. The Bertz CT molecular complexity index is 732. The van der Waals surface area contributed by atoms with Crippen LogP contribution in [0.15, 0.2) is 18.2 Å². The molecule has 3 N–H and O–H groups in total. The third kappa shape index (κ3) is 4.70. The van der Waals surface area contributed by atoms with E-state index in [1.807, 2.05) is 0 Å². The molecule has 2 amide bonds. The first-order valence-electron chi connectivity index (χ1n) is 9.71. The van der Waals surface area contributed by atoms with E-state index in [0.29, 0.717) is 23.2 Å². The van der Waals surface area contributed by atoms with Gasteiger partial charge in [0.1, 0.15) is 0 Å². The van der Waals surface area contributed by atoms with Crippen LogP contribution in [0.2, 0.25) is 0 Å². The lowest BCUT2D eigenvalue weighted by Gasteiger charge is -2.23. The molecule has 1 heterocycles. The molecule has 1 spiro atoms. The van der Waals surface area contributed by atoms with E-state index in [1.165, 1.54) is 0 Å². The van der Waals surface area contributed by atoms with Crippen LogP contribution >= 0.6 is 12.4 Å². The monoisotopic (exact) mass is 409 g/mol. The van der Waals surface area contributed by atoms with E-state index in [4.69, 9.17) is 9.47 Å². The van der Waals surface area contributed by atoms with Crippen LogP contribution in [0.3, 0.4) is 0 Å². The number of carbonyl (C=O) groups is 2. The minimum atomic E-state index is -0.139. The quantitative estimate of drug-likeness (QED) is 0.641. The maximum Gasteiger partial charge on any atom is 0.258 e. The lowest BCUT2D eigenvalue weighted by Crippen LogP contribution is -2.31. The second kappa shape index (κ2) is 8.57. The van der Waals surface area contributed by atoms with Crippen molar-refractivity contribution >= 4 is 29.9 Å². The van der Waals surface area contributed by atoms with Gasteiger partial charge in [0.15, 0.2) is 18.1 Å². The van der Waals surface area contributed by atoms with E-state index in [9.17, 15) is 9.59 Å². The van der Waals surface area contributed by atoms with Crippen LogP contribution in [0.5, 0.6) is 11.5 Å². The average Bonchev–Trinajstić information content (AvgIpc) is 3.59. The van der Waals surface area contributed by atoms with Crippen LogP contribution in [0.1, 0.15) is 32.1 Å². The smallest absolute Gasteiger partial charge is 0.258 e. The van der Waals surface area contributed by atoms with Gasteiger partial charge in [-0.25, -0.2) is 0 Å². The number of benzene rings is 1. The van der Waals surface area contributed by atoms with Crippen LogP contribution < -0.4 is 25.4 Å². The number of methoxy groups -OCH3 is 1. The molecule has 1 aliphatic heterocycles. The molecule has 0 aromatic heterocycles. The Kier molecular flexibility index (Phi) is 6.35. The lowest BCUT2D eigenvalue weighted by molar-refractivity contribution is -0.123. The number of hydrogen-bond acceptors (Lipinski definition) is 5. The van der Waals surface area contributed by atoms with Gasteiger partial charge in [-0.1, -0.05) is 0 Å². The van der Waals surface area contributed by atoms with E-state index in [2.05, 4.69) is 16.0 Å². The standard InChI is InChI=1S/C20H27N3O4.ClH/c1-26-16-5-4-14(10-17(16)27-12-18(24)22-13-2-3-13)23-19(25)15-11-20(15)6-8-21-9-7-20;/h4-5,10,13,15,21H,2-3,6-9,11-12H2,1H3,(H,22,24)(H,23,25);1H. The SMILES string of the molecule is COc1ccc(NC(=O)C2CC23CCNCC3)cc1OCC(=O)NC1CC1.Cl. The zero-order chi connectivity index (χ0) is 18.9. The normalized spacial score (nSPS) is 22.0. The summed E-state index contributed by atoms with van der Waals surface area (Å²) in [6.07, 6.45) is 5.18. The number of halogens is 1. The summed E-state index contributed by atoms with van der Waals surface area (Å²) in [4.78, 5) is 24.5. The zero-order valence-corrected chi connectivity index (χ0v) is 16.9. The van der Waals surface area contributed by atoms with Gasteiger partial charge in [-0.15, -0.1) is 12.4 Å². The van der Waals surface area contributed by atoms with E-state index in [1.54, 1.807) is 25.3 Å². The number of ether oxygens (including phenoxy) is 2. The summed E-state index contributed by atoms with van der Waals surface area (Å²) in [6, 6.07) is 5.57. The minimum Gasteiger partial charge on any atom is -0.493 e. The largest absolute Gasteiger partial charge is 0.493 e. The van der Waals surface area contributed by atoms with Crippen molar-refractivity contribution in [1.82, 2.24) is 10.6 Å². The van der Waals surface area contributed by atoms with Crippen molar-refractivity contribution in [2.24, 2.45) is 11.3 Å². The fourth-order valence-electron chi connectivity index (χ4n) is 3.93. The Balaban J connectivity index is 0.00000225. The Morgan fingerprint density at radius 1 is 1.21 bits per heavy atom. The third-order valence-corrected chi connectivity index (χ3v) is 5.84. The summed E-state index contributed by atoms with van der Waals surface area (Å²) < 4.78 is 10.9. The first kappa shape index (κ1) is 20.7. The second-order valence-corrected chi connectivity index (χ2v) is 7.85. The fourth-order valence-corrected chi connectivity index (χ4v) is 3.93. The average molecular weight is 410 g/mol. The summed E-state index contributed by atoms with van der Waals surface area (Å²) in [6.45, 7) is 1.92. The van der Waals surface area contributed by atoms with Crippen molar-refractivity contribution in [3.8, 4) is 11.5 Å². The molecule has 7 nitrogen and oxygen atoms in total. The summed E-state index contributed by atoms with van der Waals surface area (Å²) in [5.41, 5.74) is 0.858. The topological polar surface area (TPSA) is 88.7 Å². The van der Waals surface area contributed by atoms with Gasteiger partial charge in [0.05, 0.1) is 7.11 Å². The molecule has 1 aromatic carbocycles. The number of nitrogens with one attached hydrogen (secondary N) is 3. The van der Waals surface area contributed by atoms with Crippen LogP contribution in [-0.2, 0) is 9.59 Å². The Hall–Kier alpha value is -1.99. The summed E-state index contributed by atoms with van der Waals surface area (Å²) in [5, 5.41) is 9.24. The van der Waals surface area contributed by atoms with E-state index >= 15 is 0 Å². The molecule has 8 heteroatoms. The summed E-state index contributed by atoms with van der Waals surface area (Å²) in [5.74, 6) is 1.01. The van der Waals surface area contributed by atoms with Crippen LogP contribution in [-0.4, -0.2) is 44.7 Å². The zero-order valence-electron chi connectivity index (χ0n) is 16.1. The number of carbonyl (C=O) groups excluding carboxylic acids is 2. The summed E-state index contributed by atoms with van der Waals surface area (Å²) in [7, 11) is 1.55. The maximum atomic E-state index is 12.6. The van der Waals surface area contributed by atoms with Crippen molar-refractivity contribution in [3.63, 3.8) is 0 Å². The highest BCUT2D eigenvalue weighted by Gasteiger charge is 2.57. The highest BCUT2D eigenvalue weighted by molar-refractivity contribution is 5.95. The van der Waals surface area contributed by atoms with Gasteiger partial charge < -0.3 is 25.4 Å². The lowest BCUT2D eigenvalue weighted by atomic mass is 9.92. The molecule has 4 rings (SSSR count). The van der Waals surface area contributed by atoms with Crippen molar-refractivity contribution < 1.29 is 19.1 Å². The van der Waals surface area contributed by atoms with Crippen molar-refractivity contribution in [3.05, 3.63) is 18.2 Å². The Labute approximate surface area is 171 Å². The van der Waals surface area contributed by atoms with Gasteiger partial charge >= 0.3 is 0 Å². The van der Waals surface area contributed by atoms with Crippen molar-refractivity contribution in [1.29, 1.82) is 0 Å². The molecule has 1 saturated heterocycles. The van der Waals surface area contributed by atoms with Gasteiger partial charge in [0, 0.05) is 23.7 Å². The van der Waals surface area contributed by atoms with Crippen LogP contribution in [0, 0.1) is 11.3 Å². The molecule has 28 heavy (non-hydrogen) atoms. The fraction of sp³-hybridized carbons (Fsp3) is 0.600. The molecular formula is C20H28ClN3O4. The molecule has 0 radical (unpaired) electrons. The predicted octanol–water partition coefficient (Wildman–Crippen LogP) is 2.10. The molecule has 3 aliphatic rings. The number of rotatable bonds is 7. The van der Waals surface area contributed by atoms with Gasteiger partial charge in [-0.2, -0.15) is 0 Å². The number of piperidine rings is 1. The minimum absolute atomic E-state index is 0. The first-order valence-corrected chi connectivity index (χ1v) is 9.71. The second-order valence-electron chi connectivity index (χ2n) is 7.85. The van der Waals surface area contributed by atoms with Crippen molar-refractivity contribution in [2.75, 3.05) is 32.1 Å². The highest BCUT2D eigenvalue weighted by Crippen LogP contribution is 2.58. The Morgan fingerprint density at radius 3 is 2.64 bits per heavy atom. The van der Waals surface area contributed by atoms with Crippen molar-refractivity contribution in [2.45, 2.75) is 38.1 Å². The highest BCUT2D eigenvalue weighted by atomic mass is 35.5. The van der Waals surface area contributed by atoms with E-state index in [-0.39, 0.29) is 42.2 Å². The predicted molar refractivity (Wildman–Crippen MR) is 108 cm³/mol. The molecule has 2 aliphatic carbocycles. The number of amides is 2. The third-order valence-electron chi connectivity index (χ3n) is 5.84. The molecule has 2 saturated carbocycles. The molecule has 1 unspecified atom stereocenters. The van der Waals surface area contributed by atoms with Crippen LogP contribution in [0.25, 0.3) is 0 Å². The molecule has 154 valence electrons. The van der Waals surface area contributed by atoms with Gasteiger partial charge in [0.25, 0.3) is 5.91 Å². The van der Waals surface area contributed by atoms with E-state index in [0.717, 1.165) is 45.2 Å². The molecule has 1 aromatic rings. The Morgan fingerprint density at radius 2 is 1.96 bits per heavy atom. The summed E-state index contributed by atoms with van der Waals surface area (Å²) >= 11 is 0. The van der Waals surface area contributed by atoms with Gasteiger partial charge in [-0.05, 0) is 62.7 Å². The van der Waals surface area contributed by atoms with E-state index < -0.39 is 0 Å². The molecule has 3 fully saturated rings. The number of anilines is 1. The van der Waals surface area contributed by atoms with Gasteiger partial charge in [-0.3, -0.25) is 9.59 Å². The van der Waals surface area contributed by atoms with Gasteiger partial charge in [0.2, 0.25) is 5.91 Å².